The number of carbonyl (C=O) groups excluding carboxylic acids is 1. The molecule has 0 N–H and O–H groups in total. The Labute approximate surface area is 95.4 Å². The fourth-order valence-electron chi connectivity index (χ4n) is 1.11. The smallest absolute Gasteiger partial charge is 0.337 e. The number of hydrogen-bond donors (Lipinski definition) is 0. The van der Waals surface area contributed by atoms with Gasteiger partial charge in [0.15, 0.2) is 0 Å². The van der Waals surface area contributed by atoms with Crippen LogP contribution in [0.5, 0.6) is 0 Å². The molecule has 16 heavy (non-hydrogen) atoms. The van der Waals surface area contributed by atoms with Crippen LogP contribution in [0.15, 0.2) is 24.3 Å². The molecule has 1 aromatic carbocycles. The zero-order valence-electron chi connectivity index (χ0n) is 9.17. The molecule has 0 aliphatic carbocycles. The summed E-state index contributed by atoms with van der Waals surface area (Å²) >= 11 is 0. The lowest BCUT2D eigenvalue weighted by molar-refractivity contribution is -0.171. The highest BCUT2D eigenvalue weighted by Gasteiger charge is 2.04. The largest absolute Gasteiger partial charge is 0.603 e. The Morgan fingerprint density at radius 2 is 2.06 bits per heavy atom. The Bertz CT molecular complexity index is 383. The SMILES string of the molecule is CCO/[P+]([O-])=C/c1ccc(C(=O)OC)cc1. The van der Waals surface area contributed by atoms with E-state index in [2.05, 4.69) is 4.74 Å². The van der Waals surface area contributed by atoms with E-state index in [0.717, 1.165) is 5.56 Å². The van der Waals surface area contributed by atoms with E-state index in [4.69, 9.17) is 4.52 Å². The van der Waals surface area contributed by atoms with E-state index in [0.29, 0.717) is 12.2 Å². The van der Waals surface area contributed by atoms with E-state index in [1.54, 1.807) is 31.2 Å². The van der Waals surface area contributed by atoms with Gasteiger partial charge in [-0.3, -0.25) is 0 Å². The Kier molecular flexibility index (Phi) is 5.12. The van der Waals surface area contributed by atoms with Crippen molar-refractivity contribution in [1.82, 2.24) is 0 Å². The number of carbonyl (C=O) groups is 1. The van der Waals surface area contributed by atoms with Crippen LogP contribution >= 0.6 is 8.00 Å². The van der Waals surface area contributed by atoms with Crippen LogP contribution < -0.4 is 4.89 Å². The summed E-state index contributed by atoms with van der Waals surface area (Å²) in [5.41, 5.74) is 1.22. The first-order valence-electron chi connectivity index (χ1n) is 4.80. The van der Waals surface area contributed by atoms with Crippen LogP contribution in [0.4, 0.5) is 0 Å². The third kappa shape index (κ3) is 3.74. The second-order valence-electron chi connectivity index (χ2n) is 2.95. The number of benzene rings is 1. The van der Waals surface area contributed by atoms with Crippen molar-refractivity contribution < 1.29 is 18.9 Å². The van der Waals surface area contributed by atoms with Crippen molar-refractivity contribution in [2.75, 3.05) is 13.7 Å². The number of methoxy groups -OCH3 is 1. The highest BCUT2D eigenvalue weighted by molar-refractivity contribution is 7.45. The molecule has 0 bridgehead atoms. The van der Waals surface area contributed by atoms with Gasteiger partial charge in [0, 0.05) is 5.56 Å². The van der Waals surface area contributed by atoms with E-state index in [1.165, 1.54) is 12.9 Å². The average molecular weight is 240 g/mol. The molecule has 86 valence electrons. The van der Waals surface area contributed by atoms with Crippen LogP contribution in [-0.2, 0) is 9.26 Å². The topological polar surface area (TPSA) is 58.6 Å². The van der Waals surface area contributed by atoms with Crippen LogP contribution in [0.2, 0.25) is 0 Å². The fourth-order valence-corrected chi connectivity index (χ4v) is 1.85. The summed E-state index contributed by atoms with van der Waals surface area (Å²) in [7, 11) is -0.449. The lowest BCUT2D eigenvalue weighted by atomic mass is 10.1. The molecule has 0 aliphatic heterocycles. The first-order chi connectivity index (χ1) is 7.67. The van der Waals surface area contributed by atoms with Gasteiger partial charge < -0.3 is 9.63 Å². The molecule has 0 aromatic heterocycles. The predicted molar refractivity (Wildman–Crippen MR) is 61.5 cm³/mol. The molecule has 1 aromatic rings. The molecule has 0 radical (unpaired) electrons. The highest BCUT2D eigenvalue weighted by Crippen LogP contribution is 2.14. The third-order valence-electron chi connectivity index (χ3n) is 1.84. The Hall–Kier alpha value is -1.22. The maximum absolute atomic E-state index is 11.3. The Morgan fingerprint density at radius 1 is 1.44 bits per heavy atom. The van der Waals surface area contributed by atoms with Gasteiger partial charge in [-0.15, -0.1) is 0 Å². The third-order valence-corrected chi connectivity index (χ3v) is 2.86. The van der Waals surface area contributed by atoms with Gasteiger partial charge in [0.05, 0.1) is 19.3 Å². The van der Waals surface area contributed by atoms with Crippen molar-refractivity contribution in [3.05, 3.63) is 35.4 Å². The van der Waals surface area contributed by atoms with Crippen molar-refractivity contribution in [2.45, 2.75) is 6.92 Å². The summed E-state index contributed by atoms with van der Waals surface area (Å²) in [4.78, 5) is 22.4. The number of hydrogen-bond acceptors (Lipinski definition) is 4. The van der Waals surface area contributed by atoms with E-state index in [1.807, 2.05) is 0 Å². The van der Waals surface area contributed by atoms with E-state index >= 15 is 0 Å². The lowest BCUT2D eigenvalue weighted by Crippen LogP contribution is -2.01. The molecule has 0 spiro atoms. The maximum atomic E-state index is 11.3. The minimum atomic E-state index is -1.78. The average Bonchev–Trinajstić information content (AvgIpc) is 2.29. The van der Waals surface area contributed by atoms with Gasteiger partial charge in [0.25, 0.3) is 0 Å². The summed E-state index contributed by atoms with van der Waals surface area (Å²) in [6.07, 6.45) is 0. The van der Waals surface area contributed by atoms with Crippen LogP contribution in [-0.4, -0.2) is 25.5 Å². The molecular formula is C11H13O4P. The molecular weight excluding hydrogens is 227 g/mol. The normalized spacial score (nSPS) is 11.3. The first kappa shape index (κ1) is 12.8. The summed E-state index contributed by atoms with van der Waals surface area (Å²) in [5.74, 6) is 1.13. The molecule has 0 fully saturated rings. The van der Waals surface area contributed by atoms with Crippen molar-refractivity contribution in [3.63, 3.8) is 0 Å². The highest BCUT2D eigenvalue weighted by atomic mass is 31.1. The molecule has 0 saturated carbocycles. The van der Waals surface area contributed by atoms with Crippen LogP contribution in [0.1, 0.15) is 22.8 Å². The van der Waals surface area contributed by atoms with Gasteiger partial charge in [-0.2, -0.15) is 4.52 Å². The van der Waals surface area contributed by atoms with Crippen LogP contribution in [0.25, 0.3) is 0 Å². The molecule has 1 atom stereocenters. The van der Waals surface area contributed by atoms with Gasteiger partial charge in [0.1, 0.15) is 5.80 Å². The molecule has 0 saturated heterocycles. The summed E-state index contributed by atoms with van der Waals surface area (Å²) in [6, 6.07) is 6.62. The fraction of sp³-hybridized carbons (Fsp3) is 0.273. The van der Waals surface area contributed by atoms with Crippen molar-refractivity contribution >= 4 is 19.8 Å². The van der Waals surface area contributed by atoms with E-state index in [9.17, 15) is 9.69 Å². The molecule has 5 heteroatoms. The second kappa shape index (κ2) is 6.38. The number of ether oxygens (including phenoxy) is 1. The van der Waals surface area contributed by atoms with Crippen LogP contribution in [0.3, 0.4) is 0 Å². The number of esters is 1. The Morgan fingerprint density at radius 3 is 2.56 bits per heavy atom. The summed E-state index contributed by atoms with van der Waals surface area (Å²) in [5, 5.41) is 0. The van der Waals surface area contributed by atoms with Gasteiger partial charge >= 0.3 is 5.97 Å². The minimum Gasteiger partial charge on any atom is -0.603 e. The quantitative estimate of drug-likeness (QED) is 0.588. The minimum absolute atomic E-state index is 0.388. The van der Waals surface area contributed by atoms with E-state index < -0.39 is 8.00 Å². The van der Waals surface area contributed by atoms with E-state index in [-0.39, 0.29) is 5.97 Å². The van der Waals surface area contributed by atoms with Crippen molar-refractivity contribution in [2.24, 2.45) is 0 Å². The first-order valence-corrected chi connectivity index (χ1v) is 6.04. The van der Waals surface area contributed by atoms with Gasteiger partial charge in [0.2, 0.25) is 8.00 Å². The van der Waals surface area contributed by atoms with Gasteiger partial charge in [-0.25, -0.2) is 4.79 Å². The van der Waals surface area contributed by atoms with Crippen LogP contribution in [0, 0.1) is 0 Å². The Balaban J connectivity index is 2.79. The summed E-state index contributed by atoms with van der Waals surface area (Å²) in [6.45, 7) is 2.19. The predicted octanol–water partition coefficient (Wildman–Crippen LogP) is 1.33. The maximum Gasteiger partial charge on any atom is 0.337 e. The zero-order chi connectivity index (χ0) is 12.0. The molecule has 0 aliphatic rings. The zero-order valence-corrected chi connectivity index (χ0v) is 10.1. The molecule has 0 heterocycles. The van der Waals surface area contributed by atoms with Crippen molar-refractivity contribution in [1.29, 1.82) is 0 Å². The van der Waals surface area contributed by atoms with Crippen molar-refractivity contribution in [3.8, 4) is 0 Å². The summed E-state index contributed by atoms with van der Waals surface area (Å²) < 4.78 is 9.47. The molecule has 1 unspecified atom stereocenters. The molecule has 0 amide bonds. The second-order valence-corrected chi connectivity index (χ2v) is 4.03. The molecule has 4 nitrogen and oxygen atoms in total. The molecule has 1 rings (SSSR count). The lowest BCUT2D eigenvalue weighted by Gasteiger charge is -1.99. The monoisotopic (exact) mass is 240 g/mol. The standard InChI is InChI=1S/C11H13O4P/c1-3-15-16(13)8-9-4-6-10(7-5-9)11(12)14-2/h4-8H,3H2,1-2H3. The number of rotatable bonds is 4. The van der Waals surface area contributed by atoms with Gasteiger partial charge in [-0.1, -0.05) is 12.1 Å². The van der Waals surface area contributed by atoms with Gasteiger partial charge in [-0.05, 0) is 19.1 Å².